The monoisotopic (exact) mass is 491 g/mol. The van der Waals surface area contributed by atoms with Crippen LogP contribution >= 0.6 is 39.9 Å². The second-order valence-corrected chi connectivity index (χ2v) is 8.89. The van der Waals surface area contributed by atoms with Crippen LogP contribution < -0.4 is 9.47 Å². The van der Waals surface area contributed by atoms with Gasteiger partial charge in [0, 0.05) is 16.6 Å². The Balaban J connectivity index is 1.65. The fraction of sp³-hybridized carbons (Fsp3) is 0.273. The fourth-order valence-corrected chi connectivity index (χ4v) is 4.56. The number of hydrogen-bond acceptors (Lipinski definition) is 5. The molecule has 0 saturated carbocycles. The predicted molar refractivity (Wildman–Crippen MR) is 127 cm³/mol. The van der Waals surface area contributed by atoms with Crippen molar-refractivity contribution in [3.63, 3.8) is 0 Å². The minimum atomic E-state index is -0.0627. The molecule has 0 radical (unpaired) electrons. The maximum atomic E-state index is 12.5. The van der Waals surface area contributed by atoms with Crippen LogP contribution in [0.4, 0.5) is 0 Å². The third-order valence-corrected chi connectivity index (χ3v) is 6.26. The molecule has 29 heavy (non-hydrogen) atoms. The van der Waals surface area contributed by atoms with Crippen molar-refractivity contribution in [3.05, 3.63) is 63.0 Å². The zero-order valence-electron chi connectivity index (χ0n) is 16.3. The number of thiocarbonyl (C=S) groups is 1. The van der Waals surface area contributed by atoms with Gasteiger partial charge in [-0.15, -0.1) is 0 Å². The quantitative estimate of drug-likeness (QED) is 0.269. The summed E-state index contributed by atoms with van der Waals surface area (Å²) in [6.45, 7) is 5.43. The molecule has 0 atom stereocenters. The van der Waals surface area contributed by atoms with Gasteiger partial charge in [0.25, 0.3) is 5.91 Å². The summed E-state index contributed by atoms with van der Waals surface area (Å²) in [7, 11) is 0. The summed E-state index contributed by atoms with van der Waals surface area (Å²) in [5, 5.41) is 0. The van der Waals surface area contributed by atoms with Crippen LogP contribution in [0.2, 0.25) is 0 Å². The molecular formula is C22H22BrNO3S2. The van der Waals surface area contributed by atoms with E-state index in [1.165, 1.54) is 17.3 Å². The van der Waals surface area contributed by atoms with E-state index in [0.717, 1.165) is 22.2 Å². The molecule has 0 spiro atoms. The van der Waals surface area contributed by atoms with E-state index >= 15 is 0 Å². The molecule has 4 nitrogen and oxygen atoms in total. The Morgan fingerprint density at radius 1 is 1.10 bits per heavy atom. The van der Waals surface area contributed by atoms with Crippen molar-refractivity contribution in [2.75, 3.05) is 19.8 Å². The lowest BCUT2D eigenvalue weighted by Crippen LogP contribution is -2.27. The minimum Gasteiger partial charge on any atom is -0.490 e. The molecule has 0 aromatic heterocycles. The van der Waals surface area contributed by atoms with Crippen LogP contribution in [0.3, 0.4) is 0 Å². The fourth-order valence-electron chi connectivity index (χ4n) is 2.81. The molecular weight excluding hydrogens is 470 g/mol. The van der Waals surface area contributed by atoms with E-state index in [4.69, 9.17) is 21.7 Å². The molecule has 1 aliphatic heterocycles. The Labute approximate surface area is 189 Å². The summed E-state index contributed by atoms with van der Waals surface area (Å²) in [4.78, 5) is 14.7. The average molecular weight is 492 g/mol. The van der Waals surface area contributed by atoms with Gasteiger partial charge < -0.3 is 9.47 Å². The lowest BCUT2D eigenvalue weighted by molar-refractivity contribution is -0.121. The zero-order valence-corrected chi connectivity index (χ0v) is 19.5. The van der Waals surface area contributed by atoms with Crippen LogP contribution in [-0.2, 0) is 11.2 Å². The van der Waals surface area contributed by atoms with Crippen molar-refractivity contribution in [1.82, 2.24) is 4.90 Å². The van der Waals surface area contributed by atoms with Crippen LogP contribution in [0.15, 0.2) is 51.8 Å². The molecule has 3 rings (SSSR count). The molecule has 7 heteroatoms. The second-order valence-electron chi connectivity index (χ2n) is 6.30. The van der Waals surface area contributed by atoms with E-state index in [1.807, 2.05) is 43.3 Å². The number of nitrogens with zero attached hydrogens (tertiary/aromatic N) is 1. The number of likely N-dealkylation sites (N-methyl/N-ethyl adjacent to an activating group) is 1. The third kappa shape index (κ3) is 5.62. The standard InChI is InChI=1S/C22H22BrNO3S2/c1-3-15-5-8-18(9-6-15)26-11-12-27-19-10-7-17(23)13-16(19)14-20-21(25)24(4-2)22(28)29-20/h5-10,13-14H,3-4,11-12H2,1-2H3/b20-14-. The Bertz CT molecular complexity index is 928. The molecule has 0 bridgehead atoms. The molecule has 1 aliphatic rings. The van der Waals surface area contributed by atoms with Crippen molar-refractivity contribution >= 4 is 56.2 Å². The first-order valence-corrected chi connectivity index (χ1v) is 11.4. The van der Waals surface area contributed by atoms with Gasteiger partial charge in [-0.2, -0.15) is 0 Å². The van der Waals surface area contributed by atoms with E-state index in [-0.39, 0.29) is 5.91 Å². The van der Waals surface area contributed by atoms with Crippen LogP contribution in [-0.4, -0.2) is 34.9 Å². The number of carbonyl (C=O) groups is 1. The molecule has 2 aromatic carbocycles. The van der Waals surface area contributed by atoms with Gasteiger partial charge in [-0.25, -0.2) is 0 Å². The lowest BCUT2D eigenvalue weighted by atomic mass is 10.2. The number of benzene rings is 2. The van der Waals surface area contributed by atoms with Gasteiger partial charge in [0.15, 0.2) is 0 Å². The van der Waals surface area contributed by atoms with Gasteiger partial charge in [-0.3, -0.25) is 9.69 Å². The van der Waals surface area contributed by atoms with Gasteiger partial charge in [-0.05, 0) is 55.3 Å². The van der Waals surface area contributed by atoms with Crippen LogP contribution in [0.5, 0.6) is 11.5 Å². The highest BCUT2D eigenvalue weighted by atomic mass is 79.9. The van der Waals surface area contributed by atoms with Crippen LogP contribution in [0.25, 0.3) is 6.08 Å². The largest absolute Gasteiger partial charge is 0.490 e. The Morgan fingerprint density at radius 2 is 1.83 bits per heavy atom. The van der Waals surface area contributed by atoms with Crippen LogP contribution in [0, 0.1) is 0 Å². The highest BCUT2D eigenvalue weighted by Crippen LogP contribution is 2.34. The molecule has 1 saturated heterocycles. The molecule has 152 valence electrons. The number of ether oxygens (including phenoxy) is 2. The van der Waals surface area contributed by atoms with Crippen molar-refractivity contribution in [3.8, 4) is 11.5 Å². The number of hydrogen-bond donors (Lipinski definition) is 0. The second kappa shape index (κ2) is 10.3. The zero-order chi connectivity index (χ0) is 20.8. The Hall–Kier alpha value is -1.83. The number of amides is 1. The normalized spacial score (nSPS) is 15.3. The molecule has 0 N–H and O–H groups in total. The molecule has 1 amide bonds. The van der Waals surface area contributed by atoms with Crippen molar-refractivity contribution < 1.29 is 14.3 Å². The molecule has 1 fully saturated rings. The molecule has 2 aromatic rings. The molecule has 1 heterocycles. The van der Waals surface area contributed by atoms with E-state index in [9.17, 15) is 4.79 Å². The van der Waals surface area contributed by atoms with Gasteiger partial charge in [0.05, 0.1) is 4.91 Å². The van der Waals surface area contributed by atoms with Gasteiger partial charge >= 0.3 is 0 Å². The topological polar surface area (TPSA) is 38.8 Å². The van der Waals surface area contributed by atoms with E-state index in [2.05, 4.69) is 35.0 Å². The van der Waals surface area contributed by atoms with Crippen molar-refractivity contribution in [1.29, 1.82) is 0 Å². The van der Waals surface area contributed by atoms with Gasteiger partial charge in [0.1, 0.15) is 29.0 Å². The first-order valence-electron chi connectivity index (χ1n) is 9.41. The molecule has 0 unspecified atom stereocenters. The Morgan fingerprint density at radius 3 is 2.48 bits per heavy atom. The number of aryl methyl sites for hydroxylation is 1. The summed E-state index contributed by atoms with van der Waals surface area (Å²) in [6.07, 6.45) is 2.84. The van der Waals surface area contributed by atoms with Crippen molar-refractivity contribution in [2.45, 2.75) is 20.3 Å². The average Bonchev–Trinajstić information content (AvgIpc) is 2.99. The summed E-state index contributed by atoms with van der Waals surface area (Å²) < 4.78 is 13.2. The maximum absolute atomic E-state index is 12.5. The first kappa shape index (κ1) is 21.9. The van der Waals surface area contributed by atoms with Crippen LogP contribution in [0.1, 0.15) is 25.0 Å². The summed E-state index contributed by atoms with van der Waals surface area (Å²) in [5.41, 5.74) is 2.10. The number of carbonyl (C=O) groups excluding carboxylic acids is 1. The number of thioether (sulfide) groups is 1. The number of rotatable bonds is 8. The van der Waals surface area contributed by atoms with Gasteiger partial charge in [0.2, 0.25) is 0 Å². The summed E-state index contributed by atoms with van der Waals surface area (Å²) in [6, 6.07) is 13.8. The third-order valence-electron chi connectivity index (χ3n) is 4.39. The Kier molecular flexibility index (Phi) is 7.75. The first-order chi connectivity index (χ1) is 14.0. The van der Waals surface area contributed by atoms with Gasteiger partial charge in [-0.1, -0.05) is 59.0 Å². The minimum absolute atomic E-state index is 0.0627. The predicted octanol–water partition coefficient (Wildman–Crippen LogP) is 5.69. The SMILES string of the molecule is CCc1ccc(OCCOc2ccc(Br)cc2/C=C2\SC(=S)N(CC)C2=O)cc1. The highest BCUT2D eigenvalue weighted by Gasteiger charge is 2.30. The molecule has 0 aliphatic carbocycles. The number of halogens is 1. The van der Waals surface area contributed by atoms with E-state index < -0.39 is 0 Å². The van der Waals surface area contributed by atoms with Crippen molar-refractivity contribution in [2.24, 2.45) is 0 Å². The summed E-state index contributed by atoms with van der Waals surface area (Å²) in [5.74, 6) is 1.46. The van der Waals surface area contributed by atoms with E-state index in [1.54, 1.807) is 4.90 Å². The smallest absolute Gasteiger partial charge is 0.266 e. The maximum Gasteiger partial charge on any atom is 0.266 e. The van der Waals surface area contributed by atoms with E-state index in [0.29, 0.717) is 34.7 Å². The lowest BCUT2D eigenvalue weighted by Gasteiger charge is -2.12. The summed E-state index contributed by atoms with van der Waals surface area (Å²) >= 11 is 10.1. The highest BCUT2D eigenvalue weighted by molar-refractivity contribution is 9.10.